The van der Waals surface area contributed by atoms with Gasteiger partial charge in [-0.2, -0.15) is 0 Å². The Hall–Kier alpha value is -2.41. The summed E-state index contributed by atoms with van der Waals surface area (Å²) in [7, 11) is -4.31. The first-order valence-electron chi connectivity index (χ1n) is 6.00. The average Bonchev–Trinajstić information content (AvgIpc) is 2.37. The zero-order valence-electron chi connectivity index (χ0n) is 11.4. The number of hydrogen-bond acceptors (Lipinski definition) is 6. The van der Waals surface area contributed by atoms with Crippen LogP contribution in [-0.4, -0.2) is 18.6 Å². The Balaban J connectivity index is 2.18. The molecule has 0 radical (unpaired) electrons. The standard InChI is InChI=1S/C14H14O6S/c1-9-7-11(3-5-13(9)15)19-21(17,18)20-12-4-6-14(16)10(2)8-12/h3-8,15-16H,1-2H3. The van der Waals surface area contributed by atoms with E-state index in [1.54, 1.807) is 13.8 Å². The van der Waals surface area contributed by atoms with Crippen molar-refractivity contribution in [3.63, 3.8) is 0 Å². The molecule has 0 amide bonds. The Labute approximate surface area is 122 Å². The van der Waals surface area contributed by atoms with Crippen LogP contribution >= 0.6 is 0 Å². The van der Waals surface area contributed by atoms with Crippen LogP contribution in [0.1, 0.15) is 11.1 Å². The quantitative estimate of drug-likeness (QED) is 0.901. The maximum atomic E-state index is 11.8. The lowest BCUT2D eigenvalue weighted by Crippen LogP contribution is -2.16. The lowest BCUT2D eigenvalue weighted by Gasteiger charge is -2.09. The molecule has 6 nitrogen and oxygen atoms in total. The van der Waals surface area contributed by atoms with Crippen molar-refractivity contribution < 1.29 is 27.0 Å². The number of phenolic OH excluding ortho intramolecular Hbond substituents is 2. The minimum absolute atomic E-state index is 0.0285. The summed E-state index contributed by atoms with van der Waals surface area (Å²) in [4.78, 5) is 0. The maximum absolute atomic E-state index is 11.8. The molecule has 2 aromatic carbocycles. The molecule has 0 aliphatic heterocycles. The topological polar surface area (TPSA) is 93.1 Å². The molecule has 0 unspecified atom stereocenters. The molecule has 2 aromatic rings. The van der Waals surface area contributed by atoms with Gasteiger partial charge in [-0.15, -0.1) is 8.42 Å². The van der Waals surface area contributed by atoms with Crippen molar-refractivity contribution in [3.8, 4) is 23.0 Å². The summed E-state index contributed by atoms with van der Waals surface area (Å²) in [6, 6.07) is 8.02. The van der Waals surface area contributed by atoms with Crippen molar-refractivity contribution in [1.82, 2.24) is 0 Å². The van der Waals surface area contributed by atoms with E-state index in [2.05, 4.69) is 0 Å². The van der Waals surface area contributed by atoms with E-state index < -0.39 is 10.4 Å². The molecule has 0 spiro atoms. The minimum Gasteiger partial charge on any atom is -0.508 e. The first-order valence-corrected chi connectivity index (χ1v) is 7.33. The molecule has 0 fully saturated rings. The van der Waals surface area contributed by atoms with Gasteiger partial charge in [0.1, 0.15) is 23.0 Å². The van der Waals surface area contributed by atoms with Crippen LogP contribution in [0.2, 0.25) is 0 Å². The second kappa shape index (κ2) is 5.53. The Morgan fingerprint density at radius 3 is 1.52 bits per heavy atom. The maximum Gasteiger partial charge on any atom is 0.500 e. The second-order valence-electron chi connectivity index (χ2n) is 4.47. The van der Waals surface area contributed by atoms with Gasteiger partial charge in [0.25, 0.3) is 0 Å². The summed E-state index contributed by atoms with van der Waals surface area (Å²) in [6.07, 6.45) is 0. The van der Waals surface area contributed by atoms with Crippen molar-refractivity contribution in [3.05, 3.63) is 47.5 Å². The van der Waals surface area contributed by atoms with Gasteiger partial charge in [-0.05, 0) is 61.4 Å². The highest BCUT2D eigenvalue weighted by Crippen LogP contribution is 2.26. The Kier molecular flexibility index (Phi) is 3.95. The molecular weight excluding hydrogens is 296 g/mol. The van der Waals surface area contributed by atoms with Gasteiger partial charge in [0.2, 0.25) is 0 Å². The molecule has 0 heterocycles. The molecule has 0 saturated carbocycles. The van der Waals surface area contributed by atoms with Crippen LogP contribution in [0.4, 0.5) is 0 Å². The molecule has 0 saturated heterocycles. The third-order valence-electron chi connectivity index (χ3n) is 2.73. The van der Waals surface area contributed by atoms with E-state index in [-0.39, 0.29) is 23.0 Å². The lowest BCUT2D eigenvalue weighted by atomic mass is 10.2. The fourth-order valence-electron chi connectivity index (χ4n) is 1.61. The van der Waals surface area contributed by atoms with Gasteiger partial charge in [-0.25, -0.2) is 0 Å². The van der Waals surface area contributed by atoms with Crippen molar-refractivity contribution >= 4 is 10.4 Å². The Morgan fingerprint density at radius 1 is 0.810 bits per heavy atom. The van der Waals surface area contributed by atoms with Crippen LogP contribution in [0.3, 0.4) is 0 Å². The number of aryl methyl sites for hydroxylation is 2. The number of benzene rings is 2. The van der Waals surface area contributed by atoms with Crippen molar-refractivity contribution in [2.45, 2.75) is 13.8 Å². The van der Waals surface area contributed by atoms with E-state index in [0.29, 0.717) is 11.1 Å². The molecular formula is C14H14O6S. The van der Waals surface area contributed by atoms with Gasteiger partial charge in [-0.1, -0.05) is 0 Å². The summed E-state index contributed by atoms with van der Waals surface area (Å²) in [5.41, 5.74) is 0.950. The van der Waals surface area contributed by atoms with E-state index in [0.717, 1.165) is 0 Å². The summed E-state index contributed by atoms with van der Waals surface area (Å²) < 4.78 is 33.2. The van der Waals surface area contributed by atoms with E-state index in [9.17, 15) is 18.6 Å². The van der Waals surface area contributed by atoms with Crippen LogP contribution in [0.25, 0.3) is 0 Å². The predicted molar refractivity (Wildman–Crippen MR) is 75.9 cm³/mol. The Morgan fingerprint density at radius 2 is 1.19 bits per heavy atom. The SMILES string of the molecule is Cc1cc(OS(=O)(=O)Oc2ccc(O)c(C)c2)ccc1O. The summed E-state index contributed by atoms with van der Waals surface area (Å²) in [5.74, 6) is 0.131. The number of hydrogen-bond donors (Lipinski definition) is 2. The monoisotopic (exact) mass is 310 g/mol. The molecule has 0 aliphatic carbocycles. The predicted octanol–water partition coefficient (Wildman–Crippen LogP) is 2.42. The van der Waals surface area contributed by atoms with Gasteiger partial charge in [0, 0.05) is 0 Å². The van der Waals surface area contributed by atoms with Crippen molar-refractivity contribution in [1.29, 1.82) is 0 Å². The molecule has 21 heavy (non-hydrogen) atoms. The molecule has 2 rings (SSSR count). The number of aromatic hydroxyl groups is 2. The van der Waals surface area contributed by atoms with Crippen LogP contribution < -0.4 is 8.37 Å². The summed E-state index contributed by atoms with van der Waals surface area (Å²) in [5, 5.41) is 18.7. The summed E-state index contributed by atoms with van der Waals surface area (Å²) >= 11 is 0. The number of phenols is 2. The van der Waals surface area contributed by atoms with Gasteiger partial charge in [0.15, 0.2) is 0 Å². The highest BCUT2D eigenvalue weighted by Gasteiger charge is 2.17. The van der Waals surface area contributed by atoms with Crippen LogP contribution in [-0.2, 0) is 10.4 Å². The first kappa shape index (κ1) is 15.0. The Bertz CT molecular complexity index is 708. The normalized spacial score (nSPS) is 11.1. The van der Waals surface area contributed by atoms with Crippen molar-refractivity contribution in [2.24, 2.45) is 0 Å². The lowest BCUT2D eigenvalue weighted by molar-refractivity contribution is 0.390. The zero-order valence-corrected chi connectivity index (χ0v) is 12.2. The highest BCUT2D eigenvalue weighted by atomic mass is 32.3. The largest absolute Gasteiger partial charge is 0.508 e. The molecule has 7 heteroatoms. The highest BCUT2D eigenvalue weighted by molar-refractivity contribution is 7.82. The van der Waals surface area contributed by atoms with Gasteiger partial charge < -0.3 is 18.6 Å². The molecule has 0 bridgehead atoms. The van der Waals surface area contributed by atoms with Crippen LogP contribution in [0.5, 0.6) is 23.0 Å². The van der Waals surface area contributed by atoms with Gasteiger partial charge in [0.05, 0.1) is 0 Å². The third kappa shape index (κ3) is 3.79. The fraction of sp³-hybridized carbons (Fsp3) is 0.143. The van der Waals surface area contributed by atoms with E-state index in [4.69, 9.17) is 8.37 Å². The van der Waals surface area contributed by atoms with E-state index in [1.165, 1.54) is 36.4 Å². The van der Waals surface area contributed by atoms with Crippen molar-refractivity contribution in [2.75, 3.05) is 0 Å². The third-order valence-corrected chi connectivity index (χ3v) is 3.53. The molecule has 112 valence electrons. The number of rotatable bonds is 4. The second-order valence-corrected chi connectivity index (χ2v) is 5.62. The van der Waals surface area contributed by atoms with Crippen LogP contribution in [0.15, 0.2) is 36.4 Å². The smallest absolute Gasteiger partial charge is 0.500 e. The minimum atomic E-state index is -4.31. The summed E-state index contributed by atoms with van der Waals surface area (Å²) in [6.45, 7) is 3.22. The molecule has 0 atom stereocenters. The van der Waals surface area contributed by atoms with E-state index >= 15 is 0 Å². The molecule has 0 aromatic heterocycles. The average molecular weight is 310 g/mol. The van der Waals surface area contributed by atoms with Gasteiger partial charge >= 0.3 is 10.4 Å². The zero-order chi connectivity index (χ0) is 15.6. The first-order chi connectivity index (χ1) is 9.77. The fourth-order valence-corrected chi connectivity index (χ4v) is 2.33. The molecule has 2 N–H and O–H groups in total. The van der Waals surface area contributed by atoms with E-state index in [1.807, 2.05) is 0 Å². The van der Waals surface area contributed by atoms with Gasteiger partial charge in [-0.3, -0.25) is 0 Å². The molecule has 0 aliphatic rings. The van der Waals surface area contributed by atoms with Crippen LogP contribution in [0, 0.1) is 13.8 Å².